The van der Waals surface area contributed by atoms with Crippen LogP contribution in [0.3, 0.4) is 0 Å². The van der Waals surface area contributed by atoms with Crippen LogP contribution in [0.1, 0.15) is 21.8 Å². The van der Waals surface area contributed by atoms with E-state index >= 15 is 0 Å². The number of aryl methyl sites for hydroxylation is 1. The molecule has 3 heterocycles. The third-order valence-electron chi connectivity index (χ3n) is 3.52. The maximum atomic E-state index is 12.6. The second kappa shape index (κ2) is 6.11. The second-order valence-electron chi connectivity index (χ2n) is 4.94. The van der Waals surface area contributed by atoms with Gasteiger partial charge in [-0.3, -0.25) is 4.79 Å². The summed E-state index contributed by atoms with van der Waals surface area (Å²) in [6.45, 7) is 1.87. The molecule has 0 radical (unpaired) electrons. The van der Waals surface area contributed by atoms with Crippen LogP contribution in [0.2, 0.25) is 0 Å². The lowest BCUT2D eigenvalue weighted by molar-refractivity contribution is 0.0752. The SMILES string of the molecule is Cc1nc(-c2ncccn2)sc1C(=O)N(C)C1CCSC1. The predicted molar refractivity (Wildman–Crippen MR) is 85.7 cm³/mol. The maximum Gasteiger partial charge on any atom is 0.265 e. The van der Waals surface area contributed by atoms with Crippen LogP contribution in [0.5, 0.6) is 0 Å². The Labute approximate surface area is 131 Å². The molecule has 1 amide bonds. The molecule has 1 fully saturated rings. The molecule has 1 atom stereocenters. The van der Waals surface area contributed by atoms with Crippen molar-refractivity contribution in [1.29, 1.82) is 0 Å². The van der Waals surface area contributed by atoms with E-state index in [4.69, 9.17) is 0 Å². The van der Waals surface area contributed by atoms with Crippen molar-refractivity contribution < 1.29 is 4.79 Å². The van der Waals surface area contributed by atoms with Crippen molar-refractivity contribution >= 4 is 29.0 Å². The number of aromatic nitrogens is 3. The van der Waals surface area contributed by atoms with Crippen LogP contribution in [0.4, 0.5) is 0 Å². The Kier molecular flexibility index (Phi) is 4.21. The van der Waals surface area contributed by atoms with Gasteiger partial charge in [-0.1, -0.05) is 0 Å². The average Bonchev–Trinajstić information content (AvgIpc) is 3.16. The lowest BCUT2D eigenvalue weighted by Gasteiger charge is -2.23. The lowest BCUT2D eigenvalue weighted by atomic mass is 10.2. The third-order valence-corrected chi connectivity index (χ3v) is 5.81. The van der Waals surface area contributed by atoms with E-state index < -0.39 is 0 Å². The highest BCUT2D eigenvalue weighted by Gasteiger charge is 2.27. The fourth-order valence-electron chi connectivity index (χ4n) is 2.25. The highest BCUT2D eigenvalue weighted by molar-refractivity contribution is 7.99. The summed E-state index contributed by atoms with van der Waals surface area (Å²) < 4.78 is 0. The van der Waals surface area contributed by atoms with Gasteiger partial charge >= 0.3 is 0 Å². The molecule has 0 spiro atoms. The number of nitrogens with zero attached hydrogens (tertiary/aromatic N) is 4. The molecule has 1 saturated heterocycles. The number of rotatable bonds is 3. The molecule has 3 rings (SSSR count). The molecular weight excluding hydrogens is 304 g/mol. The van der Waals surface area contributed by atoms with Gasteiger partial charge in [-0.2, -0.15) is 11.8 Å². The van der Waals surface area contributed by atoms with Crippen molar-refractivity contribution in [3.63, 3.8) is 0 Å². The first-order valence-corrected chi connectivity index (χ1v) is 8.73. The molecule has 21 heavy (non-hydrogen) atoms. The van der Waals surface area contributed by atoms with Crippen molar-refractivity contribution in [2.75, 3.05) is 18.6 Å². The lowest BCUT2D eigenvalue weighted by Crippen LogP contribution is -2.36. The molecular formula is C14H16N4OS2. The number of hydrogen-bond donors (Lipinski definition) is 0. The summed E-state index contributed by atoms with van der Waals surface area (Å²) in [7, 11) is 1.89. The van der Waals surface area contributed by atoms with Crippen LogP contribution >= 0.6 is 23.1 Å². The van der Waals surface area contributed by atoms with Crippen molar-refractivity contribution in [3.8, 4) is 10.8 Å². The summed E-state index contributed by atoms with van der Waals surface area (Å²) in [6.07, 6.45) is 4.43. The van der Waals surface area contributed by atoms with Gasteiger partial charge in [-0.15, -0.1) is 11.3 Å². The zero-order valence-corrected chi connectivity index (χ0v) is 13.6. The largest absolute Gasteiger partial charge is 0.337 e. The van der Waals surface area contributed by atoms with Crippen LogP contribution < -0.4 is 0 Å². The van der Waals surface area contributed by atoms with E-state index in [9.17, 15) is 4.79 Å². The summed E-state index contributed by atoms with van der Waals surface area (Å²) in [5.74, 6) is 2.78. The fraction of sp³-hybridized carbons (Fsp3) is 0.429. The molecule has 2 aromatic heterocycles. The number of amides is 1. The van der Waals surface area contributed by atoms with E-state index in [1.54, 1.807) is 18.5 Å². The summed E-state index contributed by atoms with van der Waals surface area (Å²) in [5, 5.41) is 0.700. The molecule has 1 aliphatic heterocycles. The Hall–Kier alpha value is -1.47. The molecule has 1 aliphatic rings. The fourth-order valence-corrected chi connectivity index (χ4v) is 4.52. The van der Waals surface area contributed by atoms with Crippen LogP contribution in [0, 0.1) is 6.92 Å². The van der Waals surface area contributed by atoms with Crippen LogP contribution in [0.25, 0.3) is 10.8 Å². The van der Waals surface area contributed by atoms with Gasteiger partial charge in [0.2, 0.25) is 0 Å². The van der Waals surface area contributed by atoms with E-state index in [1.807, 2.05) is 30.6 Å². The van der Waals surface area contributed by atoms with Crippen LogP contribution in [0.15, 0.2) is 18.5 Å². The van der Waals surface area contributed by atoms with Gasteiger partial charge < -0.3 is 4.90 Å². The number of carbonyl (C=O) groups excluding carboxylic acids is 1. The Bertz CT molecular complexity index is 638. The summed E-state index contributed by atoms with van der Waals surface area (Å²) in [4.78, 5) is 28.0. The van der Waals surface area contributed by atoms with Gasteiger partial charge in [-0.25, -0.2) is 15.0 Å². The van der Waals surface area contributed by atoms with Crippen molar-refractivity contribution in [2.45, 2.75) is 19.4 Å². The first-order valence-electron chi connectivity index (χ1n) is 6.76. The first kappa shape index (κ1) is 14.5. The second-order valence-corrected chi connectivity index (χ2v) is 7.09. The molecule has 7 heteroatoms. The van der Waals surface area contributed by atoms with Crippen molar-refractivity contribution in [1.82, 2.24) is 19.9 Å². The van der Waals surface area contributed by atoms with Gasteiger partial charge in [0.25, 0.3) is 5.91 Å². The van der Waals surface area contributed by atoms with Gasteiger partial charge in [0.05, 0.1) is 5.69 Å². The Balaban J connectivity index is 1.85. The number of thiazole rings is 1. The molecule has 0 aliphatic carbocycles. The van der Waals surface area contributed by atoms with E-state index in [0.29, 0.717) is 21.8 Å². The van der Waals surface area contributed by atoms with Gasteiger partial charge in [-0.05, 0) is 25.2 Å². The average molecular weight is 320 g/mol. The van der Waals surface area contributed by atoms with E-state index in [1.165, 1.54) is 11.3 Å². The van der Waals surface area contributed by atoms with Crippen LogP contribution in [-0.2, 0) is 0 Å². The molecule has 0 saturated carbocycles. The van der Waals surface area contributed by atoms with E-state index in [0.717, 1.165) is 23.6 Å². The Morgan fingerprint density at radius 1 is 1.38 bits per heavy atom. The standard InChI is InChI=1S/C14H16N4OS2/c1-9-11(14(19)18(2)10-4-7-20-8-10)21-13(17-9)12-15-5-3-6-16-12/h3,5-6,10H,4,7-8H2,1-2H3. The van der Waals surface area contributed by atoms with E-state index in [2.05, 4.69) is 15.0 Å². The monoisotopic (exact) mass is 320 g/mol. The minimum Gasteiger partial charge on any atom is -0.337 e. The molecule has 0 bridgehead atoms. The van der Waals surface area contributed by atoms with E-state index in [-0.39, 0.29) is 5.91 Å². The highest BCUT2D eigenvalue weighted by atomic mass is 32.2. The molecule has 1 unspecified atom stereocenters. The quantitative estimate of drug-likeness (QED) is 0.869. The smallest absolute Gasteiger partial charge is 0.265 e. The van der Waals surface area contributed by atoms with Gasteiger partial charge in [0.15, 0.2) is 10.8 Å². The topological polar surface area (TPSA) is 59.0 Å². The summed E-state index contributed by atoms with van der Waals surface area (Å²) in [6, 6.07) is 2.10. The zero-order valence-electron chi connectivity index (χ0n) is 11.9. The normalized spacial score (nSPS) is 17.9. The number of thioether (sulfide) groups is 1. The predicted octanol–water partition coefficient (Wildman–Crippen LogP) is 2.49. The summed E-state index contributed by atoms with van der Waals surface area (Å²) >= 11 is 3.28. The number of hydrogen-bond acceptors (Lipinski definition) is 6. The van der Waals surface area contributed by atoms with Gasteiger partial charge in [0.1, 0.15) is 4.88 Å². The molecule has 2 aromatic rings. The van der Waals surface area contributed by atoms with Crippen molar-refractivity contribution in [2.24, 2.45) is 0 Å². The Morgan fingerprint density at radius 3 is 2.81 bits per heavy atom. The van der Waals surface area contributed by atoms with Crippen LogP contribution in [-0.4, -0.2) is 50.4 Å². The molecule has 110 valence electrons. The zero-order chi connectivity index (χ0) is 14.8. The summed E-state index contributed by atoms with van der Waals surface area (Å²) in [5.41, 5.74) is 0.755. The van der Waals surface area contributed by atoms with Gasteiger partial charge in [0, 0.05) is 31.2 Å². The third kappa shape index (κ3) is 2.94. The van der Waals surface area contributed by atoms with Crippen molar-refractivity contribution in [3.05, 3.63) is 29.0 Å². The highest BCUT2D eigenvalue weighted by Crippen LogP contribution is 2.28. The molecule has 0 N–H and O–H groups in total. The molecule has 5 nitrogen and oxygen atoms in total. The Morgan fingerprint density at radius 2 is 2.14 bits per heavy atom. The molecule has 0 aromatic carbocycles. The first-order chi connectivity index (χ1) is 10.2. The minimum absolute atomic E-state index is 0.0553. The number of carbonyl (C=O) groups is 1. The minimum atomic E-state index is 0.0553. The maximum absolute atomic E-state index is 12.6.